The molecule has 0 aliphatic carbocycles. The SMILES string of the molecule is O=C(CCc1ccc(-c2ccccc2)o1)NCC(=O)OCc1ccccc1. The zero-order valence-corrected chi connectivity index (χ0v) is 14.9. The number of hydrogen-bond donors (Lipinski definition) is 1. The summed E-state index contributed by atoms with van der Waals surface area (Å²) in [6, 6.07) is 22.9. The van der Waals surface area contributed by atoms with Crippen LogP contribution in [0.15, 0.2) is 77.2 Å². The van der Waals surface area contributed by atoms with E-state index < -0.39 is 5.97 Å². The van der Waals surface area contributed by atoms with Crippen molar-refractivity contribution in [2.45, 2.75) is 19.4 Å². The largest absolute Gasteiger partial charge is 0.461 e. The smallest absolute Gasteiger partial charge is 0.325 e. The standard InChI is InChI=1S/C22H21NO4/c24-21(23-15-22(25)26-16-17-7-3-1-4-8-17)14-12-19-11-13-20(27-19)18-9-5-2-6-10-18/h1-11,13H,12,14-16H2,(H,23,24). The van der Waals surface area contributed by atoms with Gasteiger partial charge >= 0.3 is 5.97 Å². The van der Waals surface area contributed by atoms with Gasteiger partial charge in [-0.2, -0.15) is 0 Å². The number of aryl methyl sites for hydroxylation is 1. The van der Waals surface area contributed by atoms with Crippen LogP contribution in [-0.2, 0) is 27.4 Å². The van der Waals surface area contributed by atoms with Crippen molar-refractivity contribution in [3.63, 3.8) is 0 Å². The van der Waals surface area contributed by atoms with Crippen LogP contribution in [0.3, 0.4) is 0 Å². The molecule has 5 nitrogen and oxygen atoms in total. The second-order valence-electron chi connectivity index (χ2n) is 6.05. The van der Waals surface area contributed by atoms with Gasteiger partial charge in [0.1, 0.15) is 24.7 Å². The summed E-state index contributed by atoms with van der Waals surface area (Å²) in [7, 11) is 0. The van der Waals surface area contributed by atoms with Crippen molar-refractivity contribution in [1.82, 2.24) is 5.32 Å². The number of carbonyl (C=O) groups is 2. The Morgan fingerprint density at radius 2 is 1.59 bits per heavy atom. The highest BCUT2D eigenvalue weighted by Crippen LogP contribution is 2.22. The van der Waals surface area contributed by atoms with Gasteiger partial charge in [-0.05, 0) is 17.7 Å². The number of furan rings is 1. The molecule has 0 atom stereocenters. The lowest BCUT2D eigenvalue weighted by Gasteiger charge is -2.06. The summed E-state index contributed by atoms with van der Waals surface area (Å²) < 4.78 is 10.9. The molecule has 1 N–H and O–H groups in total. The zero-order chi connectivity index (χ0) is 18.9. The molecule has 138 valence electrons. The average Bonchev–Trinajstić information content (AvgIpc) is 3.20. The molecule has 0 saturated carbocycles. The van der Waals surface area contributed by atoms with Gasteiger partial charge in [-0.3, -0.25) is 9.59 Å². The number of carbonyl (C=O) groups excluding carboxylic acids is 2. The van der Waals surface area contributed by atoms with Crippen LogP contribution in [0, 0.1) is 0 Å². The Balaban J connectivity index is 1.37. The van der Waals surface area contributed by atoms with Gasteiger partial charge in [0.2, 0.25) is 5.91 Å². The molecule has 0 radical (unpaired) electrons. The first-order chi connectivity index (χ1) is 13.2. The van der Waals surface area contributed by atoms with Gasteiger partial charge in [0.15, 0.2) is 0 Å². The highest BCUT2D eigenvalue weighted by molar-refractivity contribution is 5.82. The first-order valence-corrected chi connectivity index (χ1v) is 8.81. The Morgan fingerprint density at radius 1 is 0.889 bits per heavy atom. The van der Waals surface area contributed by atoms with Crippen molar-refractivity contribution >= 4 is 11.9 Å². The van der Waals surface area contributed by atoms with Crippen LogP contribution >= 0.6 is 0 Å². The molecule has 1 aromatic heterocycles. The predicted octanol–water partition coefficient (Wildman–Crippen LogP) is 3.74. The van der Waals surface area contributed by atoms with Gasteiger partial charge < -0.3 is 14.5 Å². The number of benzene rings is 2. The zero-order valence-electron chi connectivity index (χ0n) is 14.9. The van der Waals surface area contributed by atoms with E-state index in [1.807, 2.05) is 72.8 Å². The fourth-order valence-corrected chi connectivity index (χ4v) is 2.55. The van der Waals surface area contributed by atoms with Gasteiger partial charge in [0, 0.05) is 18.4 Å². The third-order valence-electron chi connectivity index (χ3n) is 3.99. The number of esters is 1. The third-order valence-corrected chi connectivity index (χ3v) is 3.99. The fourth-order valence-electron chi connectivity index (χ4n) is 2.55. The molecule has 0 aliphatic heterocycles. The molecular weight excluding hydrogens is 342 g/mol. The van der Waals surface area contributed by atoms with Crippen LogP contribution in [0.5, 0.6) is 0 Å². The molecule has 0 saturated heterocycles. The quantitative estimate of drug-likeness (QED) is 0.619. The van der Waals surface area contributed by atoms with Crippen molar-refractivity contribution in [3.8, 4) is 11.3 Å². The van der Waals surface area contributed by atoms with Crippen molar-refractivity contribution in [1.29, 1.82) is 0 Å². The Labute approximate surface area is 158 Å². The molecule has 3 rings (SSSR count). The lowest BCUT2D eigenvalue weighted by Crippen LogP contribution is -2.30. The van der Waals surface area contributed by atoms with Crippen LogP contribution in [0.1, 0.15) is 17.7 Å². The molecular formula is C22H21NO4. The van der Waals surface area contributed by atoms with Crippen molar-refractivity contribution in [3.05, 3.63) is 84.1 Å². The lowest BCUT2D eigenvalue weighted by molar-refractivity contribution is -0.145. The Morgan fingerprint density at radius 3 is 2.33 bits per heavy atom. The summed E-state index contributed by atoms with van der Waals surface area (Å²) in [5, 5.41) is 2.57. The van der Waals surface area contributed by atoms with E-state index in [0.717, 1.165) is 22.6 Å². The highest BCUT2D eigenvalue weighted by Gasteiger charge is 2.09. The number of rotatable bonds is 8. The van der Waals surface area contributed by atoms with Crippen LogP contribution in [-0.4, -0.2) is 18.4 Å². The summed E-state index contributed by atoms with van der Waals surface area (Å²) in [6.07, 6.45) is 0.714. The molecule has 0 aliphatic rings. The monoisotopic (exact) mass is 363 g/mol. The van der Waals surface area contributed by atoms with Gasteiger partial charge in [0.05, 0.1) is 0 Å². The van der Waals surface area contributed by atoms with Gasteiger partial charge in [-0.1, -0.05) is 60.7 Å². The van der Waals surface area contributed by atoms with Crippen LogP contribution < -0.4 is 5.32 Å². The molecule has 0 bridgehead atoms. The van der Waals surface area contributed by atoms with E-state index in [-0.39, 0.29) is 25.5 Å². The minimum atomic E-state index is -0.462. The van der Waals surface area contributed by atoms with Crippen molar-refractivity contribution in [2.24, 2.45) is 0 Å². The minimum Gasteiger partial charge on any atom is -0.461 e. The molecule has 3 aromatic rings. The topological polar surface area (TPSA) is 68.5 Å². The van der Waals surface area contributed by atoms with Gasteiger partial charge in [-0.15, -0.1) is 0 Å². The second-order valence-corrected chi connectivity index (χ2v) is 6.05. The molecule has 0 spiro atoms. The van der Waals surface area contributed by atoms with Gasteiger partial charge in [-0.25, -0.2) is 0 Å². The maximum atomic E-state index is 11.9. The van der Waals surface area contributed by atoms with E-state index >= 15 is 0 Å². The van der Waals surface area contributed by atoms with Crippen LogP contribution in [0.2, 0.25) is 0 Å². The molecule has 1 amide bonds. The Kier molecular flexibility index (Phi) is 6.41. The average molecular weight is 363 g/mol. The van der Waals surface area contributed by atoms with E-state index in [2.05, 4.69) is 5.32 Å². The normalized spacial score (nSPS) is 10.4. The fraction of sp³-hybridized carbons (Fsp3) is 0.182. The number of amides is 1. The highest BCUT2D eigenvalue weighted by atomic mass is 16.5. The Hall–Kier alpha value is -3.34. The van der Waals surface area contributed by atoms with Crippen molar-refractivity contribution in [2.75, 3.05) is 6.54 Å². The lowest BCUT2D eigenvalue weighted by atomic mass is 10.2. The van der Waals surface area contributed by atoms with Crippen LogP contribution in [0.4, 0.5) is 0 Å². The first-order valence-electron chi connectivity index (χ1n) is 8.81. The molecule has 0 unspecified atom stereocenters. The maximum absolute atomic E-state index is 11.9. The molecule has 2 aromatic carbocycles. The molecule has 1 heterocycles. The number of hydrogen-bond acceptors (Lipinski definition) is 4. The van der Waals surface area contributed by atoms with Crippen LogP contribution in [0.25, 0.3) is 11.3 Å². The van der Waals surface area contributed by atoms with E-state index in [0.29, 0.717) is 6.42 Å². The Bertz CT molecular complexity index is 872. The van der Waals surface area contributed by atoms with Gasteiger partial charge in [0.25, 0.3) is 0 Å². The summed E-state index contributed by atoms with van der Waals surface area (Å²) in [5.41, 5.74) is 1.90. The predicted molar refractivity (Wildman–Crippen MR) is 102 cm³/mol. The second kappa shape index (κ2) is 9.38. The van der Waals surface area contributed by atoms with E-state index in [9.17, 15) is 9.59 Å². The first kappa shape index (κ1) is 18.5. The maximum Gasteiger partial charge on any atom is 0.325 e. The van der Waals surface area contributed by atoms with E-state index in [4.69, 9.17) is 9.15 Å². The number of ether oxygens (including phenoxy) is 1. The third kappa shape index (κ3) is 5.85. The summed E-state index contributed by atoms with van der Waals surface area (Å²) in [6.45, 7) is 0.0588. The summed E-state index contributed by atoms with van der Waals surface area (Å²) in [5.74, 6) is 0.826. The van der Waals surface area contributed by atoms with Crippen molar-refractivity contribution < 1.29 is 18.7 Å². The number of nitrogens with one attached hydrogen (secondary N) is 1. The minimum absolute atomic E-state index is 0.140. The molecule has 5 heteroatoms. The van der Waals surface area contributed by atoms with E-state index in [1.165, 1.54) is 0 Å². The summed E-state index contributed by atoms with van der Waals surface area (Å²) in [4.78, 5) is 23.6. The molecule has 27 heavy (non-hydrogen) atoms. The summed E-state index contributed by atoms with van der Waals surface area (Å²) >= 11 is 0. The van der Waals surface area contributed by atoms with E-state index in [1.54, 1.807) is 0 Å². The molecule has 0 fully saturated rings.